The van der Waals surface area contributed by atoms with E-state index in [1.165, 1.54) is 6.08 Å². The zero-order chi connectivity index (χ0) is 16.2. The molecule has 0 radical (unpaired) electrons. The first-order valence-corrected chi connectivity index (χ1v) is 7.34. The summed E-state index contributed by atoms with van der Waals surface area (Å²) in [6.07, 6.45) is 3.13. The van der Waals surface area contributed by atoms with Crippen molar-refractivity contribution in [2.24, 2.45) is 0 Å². The maximum atomic E-state index is 11.6. The van der Waals surface area contributed by atoms with Crippen molar-refractivity contribution in [3.05, 3.63) is 47.7 Å². The molecule has 116 valence electrons. The van der Waals surface area contributed by atoms with Crippen LogP contribution < -0.4 is 0 Å². The number of hydrogen-bond acceptors (Lipinski definition) is 4. The molecule has 22 heavy (non-hydrogen) atoms. The molecule has 0 unspecified atom stereocenters. The van der Waals surface area contributed by atoms with E-state index in [-0.39, 0.29) is 11.4 Å². The van der Waals surface area contributed by atoms with Gasteiger partial charge >= 0.3 is 5.97 Å². The zero-order valence-corrected chi connectivity index (χ0v) is 13.4. The second-order valence-corrected chi connectivity index (χ2v) is 5.98. The van der Waals surface area contributed by atoms with Crippen LogP contribution in [0.3, 0.4) is 0 Å². The third-order valence-electron chi connectivity index (χ3n) is 3.15. The fraction of sp³-hybridized carbons (Fsp3) is 0.333. The summed E-state index contributed by atoms with van der Waals surface area (Å²) in [5, 5.41) is 4.21. The third kappa shape index (κ3) is 3.64. The first-order valence-electron chi connectivity index (χ1n) is 7.34. The average molecular weight is 299 g/mol. The number of benzene rings is 1. The third-order valence-corrected chi connectivity index (χ3v) is 3.15. The van der Waals surface area contributed by atoms with E-state index < -0.39 is 0 Å². The van der Waals surface area contributed by atoms with Crippen molar-refractivity contribution in [3.8, 4) is 11.3 Å². The molecular weight excluding hydrogens is 278 g/mol. The van der Waals surface area contributed by atoms with Crippen LogP contribution in [0, 0.1) is 0 Å². The molecule has 2 aromatic rings. The number of carbonyl (C=O) groups excluding carboxylic acids is 1. The topological polar surface area (TPSA) is 52.3 Å². The molecule has 4 nitrogen and oxygen atoms in total. The SMILES string of the molecule is CCOC(=O)/C=C/c1c(C(C)(C)C)noc1-c1ccccc1. The second kappa shape index (κ2) is 6.60. The number of carbonyl (C=O) groups is 1. The lowest BCUT2D eigenvalue weighted by Crippen LogP contribution is -2.13. The van der Waals surface area contributed by atoms with Gasteiger partial charge in [-0.1, -0.05) is 56.3 Å². The molecule has 0 aliphatic carbocycles. The minimum atomic E-state index is -0.373. The van der Waals surface area contributed by atoms with Crippen LogP contribution in [-0.4, -0.2) is 17.7 Å². The predicted molar refractivity (Wildman–Crippen MR) is 86.3 cm³/mol. The van der Waals surface area contributed by atoms with Crippen molar-refractivity contribution in [2.45, 2.75) is 33.1 Å². The minimum Gasteiger partial charge on any atom is -0.463 e. The van der Waals surface area contributed by atoms with E-state index in [9.17, 15) is 4.79 Å². The Kier molecular flexibility index (Phi) is 4.81. The van der Waals surface area contributed by atoms with Gasteiger partial charge in [-0.05, 0) is 13.0 Å². The lowest BCUT2D eigenvalue weighted by molar-refractivity contribution is -0.137. The van der Waals surface area contributed by atoms with Crippen LogP contribution >= 0.6 is 0 Å². The second-order valence-electron chi connectivity index (χ2n) is 5.98. The number of rotatable bonds is 4. The minimum absolute atomic E-state index is 0.190. The highest BCUT2D eigenvalue weighted by molar-refractivity contribution is 5.89. The Morgan fingerprint density at radius 2 is 1.95 bits per heavy atom. The van der Waals surface area contributed by atoms with Crippen LogP contribution in [0.1, 0.15) is 39.0 Å². The van der Waals surface area contributed by atoms with E-state index in [4.69, 9.17) is 9.26 Å². The Bertz CT molecular complexity index is 663. The van der Waals surface area contributed by atoms with Crippen molar-refractivity contribution < 1.29 is 14.1 Å². The number of ether oxygens (including phenoxy) is 1. The van der Waals surface area contributed by atoms with Gasteiger partial charge in [0, 0.05) is 22.6 Å². The molecular formula is C18H21NO3. The summed E-state index contributed by atoms with van der Waals surface area (Å²) >= 11 is 0. The Morgan fingerprint density at radius 3 is 2.55 bits per heavy atom. The molecule has 0 atom stereocenters. The monoisotopic (exact) mass is 299 g/mol. The van der Waals surface area contributed by atoms with Gasteiger partial charge in [0.05, 0.1) is 12.3 Å². The molecule has 0 N–H and O–H groups in total. The molecule has 1 aromatic heterocycles. The lowest BCUT2D eigenvalue weighted by atomic mass is 9.88. The summed E-state index contributed by atoms with van der Waals surface area (Å²) in [5.74, 6) is 0.286. The lowest BCUT2D eigenvalue weighted by Gasteiger charge is -2.15. The van der Waals surface area contributed by atoms with Gasteiger partial charge < -0.3 is 9.26 Å². The standard InChI is InChI=1S/C18H21NO3/c1-5-21-15(20)12-11-14-16(13-9-7-6-8-10-13)22-19-17(14)18(2,3)4/h6-12H,5H2,1-4H3/b12-11+. The quantitative estimate of drug-likeness (QED) is 0.626. The van der Waals surface area contributed by atoms with Gasteiger partial charge in [0.15, 0.2) is 5.76 Å². The summed E-state index contributed by atoms with van der Waals surface area (Å²) in [4.78, 5) is 11.6. The molecule has 0 saturated heterocycles. The van der Waals surface area contributed by atoms with E-state index in [1.807, 2.05) is 30.3 Å². The summed E-state index contributed by atoms with van der Waals surface area (Å²) in [5.41, 5.74) is 2.36. The maximum Gasteiger partial charge on any atom is 0.330 e. The zero-order valence-electron chi connectivity index (χ0n) is 13.4. The Hall–Kier alpha value is -2.36. The Labute approximate surface area is 130 Å². The number of esters is 1. The van der Waals surface area contributed by atoms with Gasteiger partial charge in [-0.25, -0.2) is 4.79 Å². The highest BCUT2D eigenvalue weighted by Gasteiger charge is 2.25. The van der Waals surface area contributed by atoms with E-state index in [2.05, 4.69) is 25.9 Å². The molecule has 0 bridgehead atoms. The van der Waals surface area contributed by atoms with Crippen molar-refractivity contribution >= 4 is 12.0 Å². The van der Waals surface area contributed by atoms with Crippen LogP contribution in [0.4, 0.5) is 0 Å². The van der Waals surface area contributed by atoms with Crippen molar-refractivity contribution in [2.75, 3.05) is 6.61 Å². The highest BCUT2D eigenvalue weighted by atomic mass is 16.5. The Morgan fingerprint density at radius 1 is 1.27 bits per heavy atom. The van der Waals surface area contributed by atoms with Crippen LogP contribution in [0.5, 0.6) is 0 Å². The van der Waals surface area contributed by atoms with Crippen LogP contribution in [0.2, 0.25) is 0 Å². The summed E-state index contributed by atoms with van der Waals surface area (Å²) in [6.45, 7) is 8.30. The van der Waals surface area contributed by atoms with Crippen LogP contribution in [0.25, 0.3) is 17.4 Å². The first-order chi connectivity index (χ1) is 10.4. The largest absolute Gasteiger partial charge is 0.463 e. The molecule has 0 aliphatic heterocycles. The van der Waals surface area contributed by atoms with E-state index >= 15 is 0 Å². The van der Waals surface area contributed by atoms with Crippen LogP contribution in [0.15, 0.2) is 40.9 Å². The van der Waals surface area contributed by atoms with Gasteiger partial charge in [0.25, 0.3) is 0 Å². The smallest absolute Gasteiger partial charge is 0.330 e. The fourth-order valence-electron chi connectivity index (χ4n) is 2.13. The molecule has 1 heterocycles. The van der Waals surface area contributed by atoms with Gasteiger partial charge in [-0.15, -0.1) is 0 Å². The van der Waals surface area contributed by atoms with Gasteiger partial charge in [-0.2, -0.15) is 0 Å². The summed E-state index contributed by atoms with van der Waals surface area (Å²) in [6, 6.07) is 9.73. The molecule has 1 aromatic carbocycles. The van der Waals surface area contributed by atoms with Crippen molar-refractivity contribution in [1.82, 2.24) is 5.16 Å². The van der Waals surface area contributed by atoms with Gasteiger partial charge in [-0.3, -0.25) is 0 Å². The van der Waals surface area contributed by atoms with E-state index in [1.54, 1.807) is 13.0 Å². The molecule has 2 rings (SSSR count). The van der Waals surface area contributed by atoms with E-state index in [0.29, 0.717) is 12.4 Å². The molecule has 0 spiro atoms. The van der Waals surface area contributed by atoms with Crippen molar-refractivity contribution in [3.63, 3.8) is 0 Å². The molecule has 0 amide bonds. The van der Waals surface area contributed by atoms with Gasteiger partial charge in [0.2, 0.25) is 0 Å². The summed E-state index contributed by atoms with van der Waals surface area (Å²) in [7, 11) is 0. The first kappa shape index (κ1) is 16.0. The number of hydrogen-bond donors (Lipinski definition) is 0. The van der Waals surface area contributed by atoms with Gasteiger partial charge in [0.1, 0.15) is 0 Å². The fourth-order valence-corrected chi connectivity index (χ4v) is 2.13. The molecule has 0 saturated carbocycles. The highest BCUT2D eigenvalue weighted by Crippen LogP contribution is 2.33. The molecule has 0 aliphatic rings. The number of nitrogens with zero attached hydrogens (tertiary/aromatic N) is 1. The normalized spacial score (nSPS) is 11.8. The number of aromatic nitrogens is 1. The Balaban J connectivity index is 2.48. The molecule has 0 fully saturated rings. The van der Waals surface area contributed by atoms with E-state index in [0.717, 1.165) is 16.8 Å². The maximum absolute atomic E-state index is 11.6. The average Bonchev–Trinajstić information content (AvgIpc) is 2.90. The summed E-state index contributed by atoms with van der Waals surface area (Å²) < 4.78 is 10.5. The predicted octanol–water partition coefficient (Wildman–Crippen LogP) is 4.22. The molecule has 4 heteroatoms. The van der Waals surface area contributed by atoms with Crippen LogP contribution in [-0.2, 0) is 14.9 Å². The van der Waals surface area contributed by atoms with Crippen molar-refractivity contribution in [1.29, 1.82) is 0 Å².